The first-order valence-corrected chi connectivity index (χ1v) is 8.30. The van der Waals surface area contributed by atoms with Gasteiger partial charge in [0, 0.05) is 37.1 Å². The number of nitrogens with zero attached hydrogens (tertiary/aromatic N) is 1. The van der Waals surface area contributed by atoms with Crippen LogP contribution in [0.3, 0.4) is 0 Å². The van der Waals surface area contributed by atoms with Gasteiger partial charge >= 0.3 is 0 Å². The number of hydrogen-bond acceptors (Lipinski definition) is 3. The van der Waals surface area contributed by atoms with Crippen molar-refractivity contribution in [1.29, 1.82) is 0 Å². The molecule has 0 aromatic heterocycles. The van der Waals surface area contributed by atoms with Crippen LogP contribution in [-0.2, 0) is 16.1 Å². The molecule has 0 aliphatic rings. The lowest BCUT2D eigenvalue weighted by molar-refractivity contribution is -0.121. The van der Waals surface area contributed by atoms with Crippen molar-refractivity contribution in [3.8, 4) is 5.75 Å². The van der Waals surface area contributed by atoms with Crippen LogP contribution in [0.25, 0.3) is 0 Å². The average Bonchev–Trinajstić information content (AvgIpc) is 2.61. The van der Waals surface area contributed by atoms with Crippen LogP contribution in [0.4, 0.5) is 5.69 Å². The van der Waals surface area contributed by atoms with Crippen LogP contribution in [0.1, 0.15) is 18.9 Å². The molecule has 6 heteroatoms. The van der Waals surface area contributed by atoms with Crippen molar-refractivity contribution in [3.63, 3.8) is 0 Å². The van der Waals surface area contributed by atoms with Gasteiger partial charge in [0.25, 0.3) is 0 Å². The van der Waals surface area contributed by atoms with E-state index in [0.29, 0.717) is 23.9 Å². The summed E-state index contributed by atoms with van der Waals surface area (Å²) in [5, 5.41) is 3.50. The van der Waals surface area contributed by atoms with Gasteiger partial charge in [-0.25, -0.2) is 0 Å². The summed E-state index contributed by atoms with van der Waals surface area (Å²) in [5.41, 5.74) is 1.70. The Labute approximate surface area is 152 Å². The minimum absolute atomic E-state index is 0.115. The van der Waals surface area contributed by atoms with Gasteiger partial charge in [0.05, 0.1) is 7.11 Å². The van der Waals surface area contributed by atoms with E-state index in [1.165, 1.54) is 6.92 Å². The number of halogens is 1. The van der Waals surface area contributed by atoms with Gasteiger partial charge in [-0.3, -0.25) is 9.59 Å². The first-order valence-electron chi connectivity index (χ1n) is 7.93. The molecule has 25 heavy (non-hydrogen) atoms. The van der Waals surface area contributed by atoms with E-state index in [4.69, 9.17) is 16.3 Å². The molecule has 2 aromatic carbocycles. The van der Waals surface area contributed by atoms with Gasteiger partial charge in [0.2, 0.25) is 11.8 Å². The number of nitrogens with one attached hydrogen (secondary N) is 1. The zero-order chi connectivity index (χ0) is 18.2. The van der Waals surface area contributed by atoms with Crippen molar-refractivity contribution in [2.75, 3.05) is 18.6 Å². The third kappa shape index (κ3) is 5.80. The zero-order valence-electron chi connectivity index (χ0n) is 14.3. The fourth-order valence-electron chi connectivity index (χ4n) is 2.34. The Balaban J connectivity index is 1.88. The Bertz CT molecular complexity index is 714. The first-order chi connectivity index (χ1) is 12.0. The minimum atomic E-state index is -0.116. The van der Waals surface area contributed by atoms with Gasteiger partial charge in [-0.1, -0.05) is 23.7 Å². The summed E-state index contributed by atoms with van der Waals surface area (Å²) in [6.45, 7) is 2.22. The molecule has 0 aliphatic carbocycles. The third-order valence-corrected chi connectivity index (χ3v) is 3.98. The Kier molecular flexibility index (Phi) is 6.83. The highest BCUT2D eigenvalue weighted by atomic mass is 35.5. The summed E-state index contributed by atoms with van der Waals surface area (Å²) in [5.74, 6) is 0.485. The molecular weight excluding hydrogens is 340 g/mol. The standard InChI is InChI=1S/C19H21ClN2O3/c1-14(23)22(17-7-9-18(25-2)10-8-17)12-11-19(24)21-13-15-3-5-16(20)6-4-15/h3-10H,11-13H2,1-2H3,(H,21,24). The number of methoxy groups -OCH3 is 1. The highest BCUT2D eigenvalue weighted by Gasteiger charge is 2.13. The van der Waals surface area contributed by atoms with Crippen LogP contribution in [-0.4, -0.2) is 25.5 Å². The Hall–Kier alpha value is -2.53. The molecule has 1 N–H and O–H groups in total. The van der Waals surface area contributed by atoms with E-state index >= 15 is 0 Å². The first kappa shape index (κ1) is 18.8. The SMILES string of the molecule is COc1ccc(N(CCC(=O)NCc2ccc(Cl)cc2)C(C)=O)cc1. The van der Waals surface area contributed by atoms with Crippen molar-refractivity contribution >= 4 is 29.1 Å². The molecule has 0 unspecified atom stereocenters. The Morgan fingerprint density at radius 1 is 1.08 bits per heavy atom. The molecule has 0 saturated carbocycles. The second-order valence-corrected chi connectivity index (χ2v) is 5.96. The van der Waals surface area contributed by atoms with Gasteiger partial charge in [-0.05, 0) is 42.0 Å². The smallest absolute Gasteiger partial charge is 0.223 e. The van der Waals surface area contributed by atoms with Crippen molar-refractivity contribution in [2.45, 2.75) is 19.9 Å². The van der Waals surface area contributed by atoms with E-state index in [2.05, 4.69) is 5.32 Å². The van der Waals surface area contributed by atoms with E-state index < -0.39 is 0 Å². The average molecular weight is 361 g/mol. The van der Waals surface area contributed by atoms with Crippen LogP contribution in [0.2, 0.25) is 5.02 Å². The molecule has 2 rings (SSSR count). The van der Waals surface area contributed by atoms with E-state index in [0.717, 1.165) is 11.3 Å². The largest absolute Gasteiger partial charge is 0.497 e. The number of carbonyl (C=O) groups is 2. The van der Waals surface area contributed by atoms with Crippen LogP contribution in [0, 0.1) is 0 Å². The molecule has 0 atom stereocenters. The highest BCUT2D eigenvalue weighted by molar-refractivity contribution is 6.30. The summed E-state index contributed by atoms with van der Waals surface area (Å²) >= 11 is 5.83. The summed E-state index contributed by atoms with van der Waals surface area (Å²) in [4.78, 5) is 25.5. The fourth-order valence-corrected chi connectivity index (χ4v) is 2.46. The predicted octanol–water partition coefficient (Wildman–Crippen LogP) is 3.41. The monoisotopic (exact) mass is 360 g/mol. The minimum Gasteiger partial charge on any atom is -0.497 e. The molecule has 0 aliphatic heterocycles. The van der Waals surface area contributed by atoms with Crippen LogP contribution in [0.15, 0.2) is 48.5 Å². The molecule has 132 valence electrons. The van der Waals surface area contributed by atoms with Gasteiger partial charge < -0.3 is 15.0 Å². The number of amides is 2. The molecular formula is C19H21ClN2O3. The molecule has 0 radical (unpaired) electrons. The van der Waals surface area contributed by atoms with Crippen LogP contribution in [0.5, 0.6) is 5.75 Å². The number of hydrogen-bond donors (Lipinski definition) is 1. The van der Waals surface area contributed by atoms with Crippen LogP contribution < -0.4 is 15.0 Å². The quantitative estimate of drug-likeness (QED) is 0.823. The second kappa shape index (κ2) is 9.08. The molecule has 2 aromatic rings. The van der Waals surface area contributed by atoms with Crippen molar-refractivity contribution < 1.29 is 14.3 Å². The maximum absolute atomic E-state index is 12.0. The summed E-state index contributed by atoms with van der Waals surface area (Å²) in [6, 6.07) is 14.5. The molecule has 5 nitrogen and oxygen atoms in total. The molecule has 2 amide bonds. The lowest BCUT2D eigenvalue weighted by Gasteiger charge is -2.21. The van der Waals surface area contributed by atoms with E-state index in [9.17, 15) is 9.59 Å². The zero-order valence-corrected chi connectivity index (χ0v) is 15.0. The lowest BCUT2D eigenvalue weighted by atomic mass is 10.2. The van der Waals surface area contributed by atoms with Crippen molar-refractivity contribution in [2.24, 2.45) is 0 Å². The summed E-state index contributed by atoms with van der Waals surface area (Å²) in [6.07, 6.45) is 0.221. The van der Waals surface area contributed by atoms with E-state index in [1.54, 1.807) is 48.4 Å². The third-order valence-electron chi connectivity index (χ3n) is 3.73. The molecule has 0 saturated heterocycles. The normalized spacial score (nSPS) is 10.2. The second-order valence-electron chi connectivity index (χ2n) is 5.52. The predicted molar refractivity (Wildman–Crippen MR) is 98.9 cm³/mol. The lowest BCUT2D eigenvalue weighted by Crippen LogP contribution is -2.33. The summed E-state index contributed by atoms with van der Waals surface area (Å²) < 4.78 is 5.11. The number of benzene rings is 2. The molecule has 0 spiro atoms. The van der Waals surface area contributed by atoms with Gasteiger partial charge in [0.1, 0.15) is 5.75 Å². The van der Waals surface area contributed by atoms with E-state index in [1.807, 2.05) is 12.1 Å². The maximum atomic E-state index is 12.0. The number of ether oxygens (including phenoxy) is 1. The van der Waals surface area contributed by atoms with Crippen LogP contribution >= 0.6 is 11.6 Å². The number of carbonyl (C=O) groups excluding carboxylic acids is 2. The number of anilines is 1. The molecule has 0 fully saturated rings. The topological polar surface area (TPSA) is 58.6 Å². The van der Waals surface area contributed by atoms with Gasteiger partial charge in [-0.15, -0.1) is 0 Å². The molecule has 0 heterocycles. The van der Waals surface area contributed by atoms with Gasteiger partial charge in [0.15, 0.2) is 0 Å². The fraction of sp³-hybridized carbons (Fsp3) is 0.263. The number of rotatable bonds is 7. The van der Waals surface area contributed by atoms with Gasteiger partial charge in [-0.2, -0.15) is 0 Å². The Morgan fingerprint density at radius 2 is 1.72 bits per heavy atom. The van der Waals surface area contributed by atoms with E-state index in [-0.39, 0.29) is 18.2 Å². The molecule has 0 bridgehead atoms. The van der Waals surface area contributed by atoms with Crippen molar-refractivity contribution in [3.05, 3.63) is 59.1 Å². The van der Waals surface area contributed by atoms with Crippen molar-refractivity contribution in [1.82, 2.24) is 5.32 Å². The highest BCUT2D eigenvalue weighted by Crippen LogP contribution is 2.19. The Morgan fingerprint density at radius 3 is 2.28 bits per heavy atom. The summed E-state index contributed by atoms with van der Waals surface area (Å²) in [7, 11) is 1.59. The maximum Gasteiger partial charge on any atom is 0.223 e.